The minimum absolute atomic E-state index is 0.148. The molecule has 0 aliphatic heterocycles. The second-order valence-corrected chi connectivity index (χ2v) is 5.21. The van der Waals surface area contributed by atoms with Crippen LogP contribution in [0.5, 0.6) is 0 Å². The van der Waals surface area contributed by atoms with Crippen LogP contribution in [0.25, 0.3) is 0 Å². The van der Waals surface area contributed by atoms with E-state index in [1.54, 1.807) is 0 Å². The molecule has 3 nitrogen and oxygen atoms in total. The average Bonchev–Trinajstić information content (AvgIpc) is 2.59. The summed E-state index contributed by atoms with van der Waals surface area (Å²) in [5.74, 6) is 0.553. The molecule has 0 saturated heterocycles. The van der Waals surface area contributed by atoms with Gasteiger partial charge < -0.3 is 11.1 Å². The van der Waals surface area contributed by atoms with Crippen molar-refractivity contribution in [3.05, 3.63) is 29.3 Å². The highest BCUT2D eigenvalue weighted by Crippen LogP contribution is 2.32. The van der Waals surface area contributed by atoms with E-state index in [4.69, 9.17) is 5.73 Å². The monoisotopic (exact) mass is 232 g/mol. The van der Waals surface area contributed by atoms with Gasteiger partial charge in [0, 0.05) is 12.1 Å². The summed E-state index contributed by atoms with van der Waals surface area (Å²) in [5.41, 5.74) is 9.07. The van der Waals surface area contributed by atoms with Crippen molar-refractivity contribution in [3.63, 3.8) is 0 Å². The molecular formula is C14H20N2O. The largest absolute Gasteiger partial charge is 0.399 e. The summed E-state index contributed by atoms with van der Waals surface area (Å²) < 4.78 is 0. The molecule has 17 heavy (non-hydrogen) atoms. The van der Waals surface area contributed by atoms with Crippen molar-refractivity contribution in [2.75, 3.05) is 5.73 Å². The van der Waals surface area contributed by atoms with Gasteiger partial charge >= 0.3 is 0 Å². The number of fused-ring (bicyclic) bond motifs is 1. The molecule has 1 aromatic rings. The van der Waals surface area contributed by atoms with Gasteiger partial charge in [-0.2, -0.15) is 0 Å². The summed E-state index contributed by atoms with van der Waals surface area (Å²) in [6.45, 7) is 4.12. The Morgan fingerprint density at radius 2 is 2.29 bits per heavy atom. The topological polar surface area (TPSA) is 55.1 Å². The standard InChI is InChI=1S/C14H20N2O/c1-9(2)7-14(17)16-13-6-3-10-8-11(15)4-5-12(10)13/h4-5,8-9,13H,3,6-7,15H2,1-2H3,(H,16,17). The van der Waals surface area contributed by atoms with Crippen LogP contribution in [0.3, 0.4) is 0 Å². The number of anilines is 1. The lowest BCUT2D eigenvalue weighted by Crippen LogP contribution is -2.27. The predicted octanol–water partition coefficient (Wildman–Crippen LogP) is 2.42. The molecular weight excluding hydrogens is 212 g/mol. The van der Waals surface area contributed by atoms with Gasteiger partial charge in [0.05, 0.1) is 6.04 Å². The Balaban J connectivity index is 2.05. The molecule has 1 aliphatic carbocycles. The smallest absolute Gasteiger partial charge is 0.220 e. The normalized spacial score (nSPS) is 18.2. The molecule has 3 N–H and O–H groups in total. The highest BCUT2D eigenvalue weighted by atomic mass is 16.1. The Bertz CT molecular complexity index is 426. The van der Waals surface area contributed by atoms with Crippen LogP contribution in [0, 0.1) is 5.92 Å². The van der Waals surface area contributed by atoms with Crippen LogP contribution in [0.2, 0.25) is 0 Å². The first-order valence-electron chi connectivity index (χ1n) is 6.24. The van der Waals surface area contributed by atoms with Crippen molar-refractivity contribution in [3.8, 4) is 0 Å². The highest BCUT2D eigenvalue weighted by molar-refractivity contribution is 5.76. The molecule has 0 spiro atoms. The van der Waals surface area contributed by atoms with Crippen LogP contribution < -0.4 is 11.1 Å². The lowest BCUT2D eigenvalue weighted by Gasteiger charge is -2.15. The van der Waals surface area contributed by atoms with Crippen LogP contribution in [0.4, 0.5) is 5.69 Å². The SMILES string of the molecule is CC(C)CC(=O)NC1CCc2cc(N)ccc21. The summed E-state index contributed by atoms with van der Waals surface area (Å²) in [6.07, 6.45) is 2.59. The number of hydrogen-bond acceptors (Lipinski definition) is 2. The van der Waals surface area contributed by atoms with Crippen LogP contribution in [-0.4, -0.2) is 5.91 Å². The van der Waals surface area contributed by atoms with Crippen molar-refractivity contribution in [2.45, 2.75) is 39.2 Å². The molecule has 3 heteroatoms. The number of amides is 1. The molecule has 1 aromatic carbocycles. The molecule has 0 radical (unpaired) electrons. The van der Waals surface area contributed by atoms with Gasteiger partial charge in [-0.05, 0) is 42.0 Å². The summed E-state index contributed by atoms with van der Waals surface area (Å²) in [4.78, 5) is 11.8. The van der Waals surface area contributed by atoms with E-state index in [9.17, 15) is 4.79 Å². The molecule has 0 heterocycles. The predicted molar refractivity (Wildman–Crippen MR) is 69.5 cm³/mol. The maximum absolute atomic E-state index is 11.8. The molecule has 0 fully saturated rings. The van der Waals surface area contributed by atoms with E-state index in [2.05, 4.69) is 19.2 Å². The first-order chi connectivity index (χ1) is 8.06. The van der Waals surface area contributed by atoms with Crippen LogP contribution in [0.15, 0.2) is 18.2 Å². The van der Waals surface area contributed by atoms with Gasteiger partial charge in [0.15, 0.2) is 0 Å². The third-order valence-electron chi connectivity index (χ3n) is 3.17. The van der Waals surface area contributed by atoms with E-state index >= 15 is 0 Å². The minimum Gasteiger partial charge on any atom is -0.399 e. The zero-order chi connectivity index (χ0) is 12.4. The lowest BCUT2D eigenvalue weighted by molar-refractivity contribution is -0.122. The average molecular weight is 232 g/mol. The fourth-order valence-electron chi connectivity index (χ4n) is 2.41. The van der Waals surface area contributed by atoms with Crippen molar-refractivity contribution in [1.82, 2.24) is 5.32 Å². The number of carbonyl (C=O) groups excluding carboxylic acids is 1. The zero-order valence-corrected chi connectivity index (χ0v) is 10.5. The molecule has 1 atom stereocenters. The van der Waals surface area contributed by atoms with Crippen molar-refractivity contribution in [1.29, 1.82) is 0 Å². The van der Waals surface area contributed by atoms with Gasteiger partial charge in [-0.15, -0.1) is 0 Å². The molecule has 2 rings (SSSR count). The maximum atomic E-state index is 11.8. The summed E-state index contributed by atoms with van der Waals surface area (Å²) in [6, 6.07) is 6.14. The van der Waals surface area contributed by atoms with Crippen molar-refractivity contribution < 1.29 is 4.79 Å². The number of nitrogens with one attached hydrogen (secondary N) is 1. The third-order valence-corrected chi connectivity index (χ3v) is 3.17. The molecule has 0 aromatic heterocycles. The molecule has 1 amide bonds. The molecule has 1 unspecified atom stereocenters. The van der Waals surface area contributed by atoms with E-state index in [-0.39, 0.29) is 11.9 Å². The number of aryl methyl sites for hydroxylation is 1. The second-order valence-electron chi connectivity index (χ2n) is 5.21. The molecule has 0 bridgehead atoms. The third kappa shape index (κ3) is 2.78. The Hall–Kier alpha value is -1.51. The second kappa shape index (κ2) is 4.78. The van der Waals surface area contributed by atoms with Gasteiger partial charge in [0.2, 0.25) is 5.91 Å². The molecule has 0 saturated carbocycles. The number of nitrogen functional groups attached to an aromatic ring is 1. The minimum atomic E-state index is 0.148. The van der Waals surface area contributed by atoms with E-state index in [0.29, 0.717) is 12.3 Å². The van der Waals surface area contributed by atoms with E-state index < -0.39 is 0 Å². The van der Waals surface area contributed by atoms with E-state index in [1.807, 2.05) is 18.2 Å². The van der Waals surface area contributed by atoms with E-state index in [1.165, 1.54) is 11.1 Å². The lowest BCUT2D eigenvalue weighted by atomic mass is 10.1. The van der Waals surface area contributed by atoms with Crippen molar-refractivity contribution in [2.24, 2.45) is 5.92 Å². The Kier molecular flexibility index (Phi) is 3.36. The van der Waals surface area contributed by atoms with Crippen LogP contribution in [-0.2, 0) is 11.2 Å². The number of rotatable bonds is 3. The summed E-state index contributed by atoms with van der Waals surface area (Å²) in [7, 11) is 0. The number of hydrogen-bond donors (Lipinski definition) is 2. The zero-order valence-electron chi connectivity index (χ0n) is 10.5. The fourth-order valence-corrected chi connectivity index (χ4v) is 2.41. The molecule has 92 valence electrons. The number of carbonyl (C=O) groups is 1. The van der Waals surface area contributed by atoms with E-state index in [0.717, 1.165) is 18.5 Å². The quantitative estimate of drug-likeness (QED) is 0.786. The Labute approximate surface area is 102 Å². The van der Waals surface area contributed by atoms with Gasteiger partial charge in [0.1, 0.15) is 0 Å². The first kappa shape index (κ1) is 12.0. The van der Waals surface area contributed by atoms with Gasteiger partial charge in [-0.1, -0.05) is 19.9 Å². The summed E-state index contributed by atoms with van der Waals surface area (Å²) in [5, 5.41) is 3.11. The fraction of sp³-hybridized carbons (Fsp3) is 0.500. The Morgan fingerprint density at radius 1 is 1.53 bits per heavy atom. The maximum Gasteiger partial charge on any atom is 0.220 e. The van der Waals surface area contributed by atoms with Gasteiger partial charge in [-0.25, -0.2) is 0 Å². The van der Waals surface area contributed by atoms with Crippen molar-refractivity contribution >= 4 is 11.6 Å². The van der Waals surface area contributed by atoms with Gasteiger partial charge in [-0.3, -0.25) is 4.79 Å². The molecule has 1 aliphatic rings. The van der Waals surface area contributed by atoms with Crippen LogP contribution >= 0.6 is 0 Å². The number of benzene rings is 1. The van der Waals surface area contributed by atoms with Crippen LogP contribution in [0.1, 0.15) is 43.9 Å². The first-order valence-corrected chi connectivity index (χ1v) is 6.24. The van der Waals surface area contributed by atoms with Gasteiger partial charge in [0.25, 0.3) is 0 Å². The summed E-state index contributed by atoms with van der Waals surface area (Å²) >= 11 is 0. The Morgan fingerprint density at radius 3 is 3.00 bits per heavy atom. The highest BCUT2D eigenvalue weighted by Gasteiger charge is 2.23. The number of nitrogens with two attached hydrogens (primary N) is 1.